The Morgan fingerprint density at radius 1 is 1.16 bits per heavy atom. The van der Waals surface area contributed by atoms with Gasteiger partial charge in [-0.3, -0.25) is 9.35 Å². The van der Waals surface area contributed by atoms with Crippen molar-refractivity contribution in [2.24, 2.45) is 11.7 Å². The number of hydrogen-bond acceptors (Lipinski definition) is 6. The van der Waals surface area contributed by atoms with Gasteiger partial charge in [0.1, 0.15) is 11.4 Å². The Hall–Kier alpha value is -1.97. The summed E-state index contributed by atoms with van der Waals surface area (Å²) in [7, 11) is -3.67. The van der Waals surface area contributed by atoms with E-state index in [1.165, 1.54) is 5.56 Å². The van der Waals surface area contributed by atoms with Crippen molar-refractivity contribution in [3.05, 3.63) is 35.9 Å². The SMILES string of the molecule is CS(=O)(=O)O.C[C@H](CC(=O)[C@@H](N)CCCCNC(=O)OC(C)(C)C)Cc1ccccc1. The smallest absolute Gasteiger partial charge is 0.407 e. The molecule has 31 heavy (non-hydrogen) atoms. The number of carbonyl (C=O) groups is 2. The molecular formula is C22H38N2O6S. The molecule has 1 aromatic rings. The van der Waals surface area contributed by atoms with Crippen LogP contribution in [0.1, 0.15) is 58.9 Å². The van der Waals surface area contributed by atoms with Crippen LogP contribution in [0.5, 0.6) is 0 Å². The van der Waals surface area contributed by atoms with E-state index in [1.807, 2.05) is 39.0 Å². The number of carbonyl (C=O) groups excluding carboxylic acids is 2. The van der Waals surface area contributed by atoms with Crippen molar-refractivity contribution in [1.82, 2.24) is 5.32 Å². The predicted molar refractivity (Wildman–Crippen MR) is 122 cm³/mol. The first kappa shape index (κ1) is 29.0. The van der Waals surface area contributed by atoms with Crippen LogP contribution >= 0.6 is 0 Å². The van der Waals surface area contributed by atoms with Crippen molar-refractivity contribution in [2.45, 2.75) is 71.4 Å². The van der Waals surface area contributed by atoms with Crippen LogP contribution in [0, 0.1) is 5.92 Å². The maximum Gasteiger partial charge on any atom is 0.407 e. The Labute approximate surface area is 186 Å². The lowest BCUT2D eigenvalue weighted by Gasteiger charge is -2.19. The van der Waals surface area contributed by atoms with E-state index >= 15 is 0 Å². The highest BCUT2D eigenvalue weighted by Crippen LogP contribution is 2.14. The molecule has 0 spiro atoms. The molecular weight excluding hydrogens is 420 g/mol. The van der Waals surface area contributed by atoms with E-state index in [0.717, 1.165) is 19.3 Å². The number of amides is 1. The van der Waals surface area contributed by atoms with Crippen molar-refractivity contribution in [2.75, 3.05) is 12.8 Å². The lowest BCUT2D eigenvalue weighted by atomic mass is 9.92. The summed E-state index contributed by atoms with van der Waals surface area (Å²) >= 11 is 0. The van der Waals surface area contributed by atoms with Gasteiger partial charge >= 0.3 is 6.09 Å². The van der Waals surface area contributed by atoms with Crippen molar-refractivity contribution in [1.29, 1.82) is 0 Å². The molecule has 9 heteroatoms. The predicted octanol–water partition coefficient (Wildman–Crippen LogP) is 3.35. The number of nitrogens with one attached hydrogen (secondary N) is 1. The largest absolute Gasteiger partial charge is 0.444 e. The van der Waals surface area contributed by atoms with E-state index in [-0.39, 0.29) is 11.7 Å². The Morgan fingerprint density at radius 3 is 2.23 bits per heavy atom. The normalized spacial score (nSPS) is 13.4. The molecule has 1 rings (SSSR count). The molecule has 0 aliphatic rings. The quantitative estimate of drug-likeness (QED) is 0.361. The molecule has 1 amide bonds. The molecule has 0 bridgehead atoms. The van der Waals surface area contributed by atoms with Gasteiger partial charge in [-0.25, -0.2) is 4.79 Å². The third kappa shape index (κ3) is 19.7. The third-order valence-electron chi connectivity index (χ3n) is 4.00. The van der Waals surface area contributed by atoms with Crippen LogP contribution in [0.2, 0.25) is 0 Å². The molecule has 0 saturated carbocycles. The minimum Gasteiger partial charge on any atom is -0.444 e. The first-order valence-corrected chi connectivity index (χ1v) is 12.2. The minimum atomic E-state index is -3.67. The van der Waals surface area contributed by atoms with Gasteiger partial charge in [0.05, 0.1) is 12.3 Å². The zero-order chi connectivity index (χ0) is 24.1. The molecule has 0 unspecified atom stereocenters. The molecule has 0 radical (unpaired) electrons. The fraction of sp³-hybridized carbons (Fsp3) is 0.636. The maximum absolute atomic E-state index is 12.3. The molecule has 178 valence electrons. The second kappa shape index (κ2) is 14.2. The summed E-state index contributed by atoms with van der Waals surface area (Å²) < 4.78 is 31.0. The number of ketones is 1. The van der Waals surface area contributed by atoms with Crippen molar-refractivity contribution >= 4 is 22.0 Å². The third-order valence-corrected chi connectivity index (χ3v) is 4.00. The minimum absolute atomic E-state index is 0.119. The molecule has 0 aromatic heterocycles. The Morgan fingerprint density at radius 2 is 1.71 bits per heavy atom. The zero-order valence-corrected chi connectivity index (χ0v) is 20.1. The van der Waals surface area contributed by atoms with Gasteiger partial charge in [-0.15, -0.1) is 0 Å². The van der Waals surface area contributed by atoms with Crippen molar-refractivity contribution in [3.63, 3.8) is 0 Å². The summed E-state index contributed by atoms with van der Waals surface area (Å²) in [6, 6.07) is 9.76. The lowest BCUT2D eigenvalue weighted by Crippen LogP contribution is -2.34. The second-order valence-corrected chi connectivity index (χ2v) is 10.2. The van der Waals surface area contributed by atoms with Crippen LogP contribution in [0.15, 0.2) is 30.3 Å². The molecule has 8 nitrogen and oxygen atoms in total. The number of ether oxygens (including phenoxy) is 1. The van der Waals surface area contributed by atoms with E-state index in [9.17, 15) is 18.0 Å². The average Bonchev–Trinajstić information content (AvgIpc) is 2.59. The highest BCUT2D eigenvalue weighted by Gasteiger charge is 2.17. The maximum atomic E-state index is 12.3. The number of nitrogens with two attached hydrogens (primary N) is 1. The van der Waals surface area contributed by atoms with Crippen LogP contribution in [0.3, 0.4) is 0 Å². The van der Waals surface area contributed by atoms with Crippen LogP contribution in [0.4, 0.5) is 4.79 Å². The fourth-order valence-electron chi connectivity index (χ4n) is 2.74. The van der Waals surface area contributed by atoms with Gasteiger partial charge < -0.3 is 15.8 Å². The number of Topliss-reactive ketones (excluding diaryl/α,β-unsaturated/α-hetero) is 1. The van der Waals surface area contributed by atoms with Gasteiger partial charge in [-0.1, -0.05) is 37.3 Å². The number of alkyl carbamates (subject to hydrolysis) is 1. The highest BCUT2D eigenvalue weighted by atomic mass is 32.2. The highest BCUT2D eigenvalue weighted by molar-refractivity contribution is 7.85. The van der Waals surface area contributed by atoms with Gasteiger partial charge in [0.25, 0.3) is 10.1 Å². The summed E-state index contributed by atoms with van der Waals surface area (Å²) in [5, 5.41) is 2.71. The summed E-state index contributed by atoms with van der Waals surface area (Å²) in [5.74, 6) is 0.401. The zero-order valence-electron chi connectivity index (χ0n) is 19.3. The number of rotatable bonds is 10. The van der Waals surface area contributed by atoms with Crippen LogP contribution in [-0.2, 0) is 26.1 Å². The van der Waals surface area contributed by atoms with Gasteiger partial charge in [-0.2, -0.15) is 8.42 Å². The summed E-state index contributed by atoms with van der Waals surface area (Å²) in [5.41, 5.74) is 6.78. The van der Waals surface area contributed by atoms with E-state index in [2.05, 4.69) is 24.4 Å². The summed E-state index contributed by atoms with van der Waals surface area (Å²) in [6.45, 7) is 8.10. The molecule has 4 N–H and O–H groups in total. The monoisotopic (exact) mass is 458 g/mol. The molecule has 0 aliphatic carbocycles. The lowest BCUT2D eigenvalue weighted by molar-refractivity contribution is -0.121. The first-order chi connectivity index (χ1) is 14.2. The van der Waals surface area contributed by atoms with Gasteiger partial charge in [0.2, 0.25) is 0 Å². The first-order valence-electron chi connectivity index (χ1n) is 10.4. The van der Waals surface area contributed by atoms with Crippen molar-refractivity contribution in [3.8, 4) is 0 Å². The Balaban J connectivity index is 0.00000161. The Kier molecular flexibility index (Phi) is 13.3. The summed E-state index contributed by atoms with van der Waals surface area (Å²) in [6.07, 6.45) is 3.92. The van der Waals surface area contributed by atoms with Gasteiger partial charge in [0.15, 0.2) is 0 Å². The Bertz CT molecular complexity index is 752. The number of benzene rings is 1. The van der Waals surface area contributed by atoms with E-state index in [4.69, 9.17) is 15.0 Å². The summed E-state index contributed by atoms with van der Waals surface area (Å²) in [4.78, 5) is 23.8. The number of unbranched alkanes of at least 4 members (excludes halogenated alkanes) is 1. The van der Waals surface area contributed by atoms with E-state index < -0.39 is 27.9 Å². The van der Waals surface area contributed by atoms with Crippen LogP contribution in [0.25, 0.3) is 0 Å². The topological polar surface area (TPSA) is 136 Å². The molecule has 0 saturated heterocycles. The molecule has 2 atom stereocenters. The van der Waals surface area contributed by atoms with Crippen molar-refractivity contribution < 1.29 is 27.3 Å². The molecule has 1 aromatic carbocycles. The fourth-order valence-corrected chi connectivity index (χ4v) is 2.74. The second-order valence-electron chi connectivity index (χ2n) is 8.73. The van der Waals surface area contributed by atoms with E-state index in [1.54, 1.807) is 0 Å². The van der Waals surface area contributed by atoms with Gasteiger partial charge in [0, 0.05) is 13.0 Å². The molecule has 0 aliphatic heterocycles. The molecule has 0 heterocycles. The van der Waals surface area contributed by atoms with Crippen LogP contribution < -0.4 is 11.1 Å². The number of hydrogen-bond donors (Lipinski definition) is 3. The standard InChI is InChI=1S/C21H34N2O3.CH4O3S/c1-16(14-17-10-6-5-7-11-17)15-19(24)18(22)12-8-9-13-23-20(25)26-21(2,3)4;1-5(2,3)4/h5-7,10-11,16,18H,8-9,12-15,22H2,1-4H3,(H,23,25);1H3,(H,2,3,4)/t16-,18-;/m0./s1. The van der Waals surface area contributed by atoms with Crippen LogP contribution in [-0.4, -0.2) is 49.3 Å². The van der Waals surface area contributed by atoms with Gasteiger partial charge in [-0.05, 0) is 57.9 Å². The molecule has 0 fully saturated rings. The average molecular weight is 459 g/mol. The van der Waals surface area contributed by atoms with E-state index in [0.29, 0.717) is 25.6 Å².